The molecule has 0 aromatic rings. The molecule has 0 rings (SSSR count). The lowest BCUT2D eigenvalue weighted by Crippen LogP contribution is -2.38. The van der Waals surface area contributed by atoms with Crippen molar-refractivity contribution in [1.82, 2.24) is 4.72 Å². The fourth-order valence-electron chi connectivity index (χ4n) is 1.16. The van der Waals surface area contributed by atoms with Crippen molar-refractivity contribution < 1.29 is 28.1 Å². The molecule has 0 fully saturated rings. The van der Waals surface area contributed by atoms with Gasteiger partial charge in [-0.2, -0.15) is 0 Å². The summed E-state index contributed by atoms with van der Waals surface area (Å²) in [6.45, 7) is 3.50. The van der Waals surface area contributed by atoms with Crippen LogP contribution in [0.2, 0.25) is 0 Å². The van der Waals surface area contributed by atoms with Crippen LogP contribution in [0.5, 0.6) is 0 Å². The summed E-state index contributed by atoms with van der Waals surface area (Å²) in [5, 5.41) is 17.7. The number of ether oxygens (including phenoxy) is 2. The highest BCUT2D eigenvalue weighted by Gasteiger charge is 2.14. The first kappa shape index (κ1) is 17.8. The molecular weight excluding hydrogens is 262 g/mol. The van der Waals surface area contributed by atoms with Gasteiger partial charge in [0.1, 0.15) is 6.10 Å². The minimum atomic E-state index is -3.28. The normalized spacial score (nSPS) is 15.9. The second-order valence-corrected chi connectivity index (χ2v) is 6.13. The second kappa shape index (κ2) is 8.78. The minimum absolute atomic E-state index is 0.0205. The van der Waals surface area contributed by atoms with E-state index in [9.17, 15) is 8.42 Å². The lowest BCUT2D eigenvalue weighted by atomic mass is 10.3. The molecule has 0 bridgehead atoms. The van der Waals surface area contributed by atoms with Gasteiger partial charge in [-0.15, -0.1) is 0 Å². The van der Waals surface area contributed by atoms with Crippen molar-refractivity contribution in [1.29, 1.82) is 0 Å². The van der Waals surface area contributed by atoms with Crippen LogP contribution in [0.3, 0.4) is 0 Å². The van der Waals surface area contributed by atoms with Gasteiger partial charge in [0.25, 0.3) is 0 Å². The fourth-order valence-corrected chi connectivity index (χ4v) is 1.65. The zero-order chi connectivity index (χ0) is 14.2. The first-order valence-electron chi connectivity index (χ1n) is 5.71. The molecule has 110 valence electrons. The number of aliphatic hydroxyl groups excluding tert-OH is 2. The lowest BCUT2D eigenvalue weighted by Gasteiger charge is -2.21. The van der Waals surface area contributed by atoms with Gasteiger partial charge in [-0.3, -0.25) is 0 Å². The zero-order valence-corrected chi connectivity index (χ0v) is 11.8. The van der Waals surface area contributed by atoms with E-state index in [1.165, 1.54) is 0 Å². The van der Waals surface area contributed by atoms with Crippen LogP contribution in [0, 0.1) is 0 Å². The molecule has 2 unspecified atom stereocenters. The molecule has 0 aliphatic rings. The number of hydrogen-bond acceptors (Lipinski definition) is 6. The number of aliphatic hydroxyl groups is 2. The molecule has 0 aromatic heterocycles. The average Bonchev–Trinajstić information content (AvgIpc) is 2.23. The van der Waals surface area contributed by atoms with Crippen molar-refractivity contribution in [2.24, 2.45) is 0 Å². The molecule has 8 heteroatoms. The van der Waals surface area contributed by atoms with E-state index in [1.54, 1.807) is 0 Å². The highest BCUT2D eigenvalue weighted by atomic mass is 32.2. The largest absolute Gasteiger partial charge is 0.394 e. The van der Waals surface area contributed by atoms with Gasteiger partial charge in [0.2, 0.25) is 10.0 Å². The van der Waals surface area contributed by atoms with Crippen LogP contribution in [-0.4, -0.2) is 69.6 Å². The van der Waals surface area contributed by atoms with Crippen LogP contribution >= 0.6 is 0 Å². The predicted molar refractivity (Wildman–Crippen MR) is 66.8 cm³/mol. The van der Waals surface area contributed by atoms with E-state index in [2.05, 4.69) is 4.72 Å². The summed E-state index contributed by atoms with van der Waals surface area (Å²) in [6, 6.07) is 0. The molecule has 0 heterocycles. The standard InChI is InChI=1S/C10H23NO6S/c1-8(2)17-10(4-11-18(3,14)15)7-16-6-9(13)5-12/h8-13H,4-7H2,1-3H3. The van der Waals surface area contributed by atoms with E-state index in [0.717, 1.165) is 6.26 Å². The van der Waals surface area contributed by atoms with Crippen LogP contribution in [0.15, 0.2) is 0 Å². The molecule has 2 atom stereocenters. The Hall–Kier alpha value is -0.250. The van der Waals surface area contributed by atoms with Crippen LogP contribution in [-0.2, 0) is 19.5 Å². The number of rotatable bonds is 10. The van der Waals surface area contributed by atoms with Crippen molar-refractivity contribution in [3.63, 3.8) is 0 Å². The summed E-state index contributed by atoms with van der Waals surface area (Å²) in [5.41, 5.74) is 0. The maximum absolute atomic E-state index is 11.0. The molecule has 0 saturated heterocycles. The molecule has 0 amide bonds. The van der Waals surface area contributed by atoms with Crippen LogP contribution in [0.4, 0.5) is 0 Å². The van der Waals surface area contributed by atoms with E-state index < -0.39 is 22.2 Å². The van der Waals surface area contributed by atoms with Crippen LogP contribution in [0.1, 0.15) is 13.8 Å². The summed E-state index contributed by atoms with van der Waals surface area (Å²) in [4.78, 5) is 0. The Balaban J connectivity index is 4.07. The molecule has 3 N–H and O–H groups in total. The smallest absolute Gasteiger partial charge is 0.208 e. The number of nitrogens with one attached hydrogen (secondary N) is 1. The Morgan fingerprint density at radius 1 is 1.28 bits per heavy atom. The summed E-state index contributed by atoms with van der Waals surface area (Å²) in [7, 11) is -3.28. The maximum Gasteiger partial charge on any atom is 0.208 e. The molecule has 0 aliphatic carbocycles. The van der Waals surface area contributed by atoms with Gasteiger partial charge in [-0.25, -0.2) is 13.1 Å². The van der Waals surface area contributed by atoms with Gasteiger partial charge in [0.05, 0.1) is 38.3 Å². The van der Waals surface area contributed by atoms with E-state index >= 15 is 0 Å². The van der Waals surface area contributed by atoms with Gasteiger partial charge in [0, 0.05) is 6.54 Å². The molecule has 0 aliphatic heterocycles. The molecule has 0 spiro atoms. The van der Waals surface area contributed by atoms with Crippen molar-refractivity contribution in [3.8, 4) is 0 Å². The molecule has 7 nitrogen and oxygen atoms in total. The Kier molecular flexibility index (Phi) is 8.66. The van der Waals surface area contributed by atoms with Gasteiger partial charge < -0.3 is 19.7 Å². The van der Waals surface area contributed by atoms with Gasteiger partial charge in [0.15, 0.2) is 0 Å². The monoisotopic (exact) mass is 285 g/mol. The summed E-state index contributed by atoms with van der Waals surface area (Å²) < 4.78 is 34.9. The SMILES string of the molecule is CC(C)OC(CNS(C)(=O)=O)COCC(O)CO. The minimum Gasteiger partial charge on any atom is -0.394 e. The van der Waals surface area contributed by atoms with Crippen LogP contribution < -0.4 is 4.72 Å². The Morgan fingerprint density at radius 2 is 1.89 bits per heavy atom. The molecule has 0 saturated carbocycles. The quantitative estimate of drug-likeness (QED) is 0.461. The van der Waals surface area contributed by atoms with Crippen molar-refractivity contribution >= 4 is 10.0 Å². The van der Waals surface area contributed by atoms with Crippen molar-refractivity contribution in [2.75, 3.05) is 32.6 Å². The molecule has 18 heavy (non-hydrogen) atoms. The third kappa shape index (κ3) is 10.9. The van der Waals surface area contributed by atoms with Crippen LogP contribution in [0.25, 0.3) is 0 Å². The Labute approximate surface area is 108 Å². The van der Waals surface area contributed by atoms with E-state index in [4.69, 9.17) is 19.7 Å². The Morgan fingerprint density at radius 3 is 2.33 bits per heavy atom. The van der Waals surface area contributed by atoms with Gasteiger partial charge in [-0.05, 0) is 13.8 Å². The molecule has 0 radical (unpaired) electrons. The van der Waals surface area contributed by atoms with E-state index in [-0.39, 0.29) is 32.5 Å². The maximum atomic E-state index is 11.0. The second-order valence-electron chi connectivity index (χ2n) is 4.30. The highest BCUT2D eigenvalue weighted by molar-refractivity contribution is 7.88. The van der Waals surface area contributed by atoms with Crippen molar-refractivity contribution in [2.45, 2.75) is 32.2 Å². The van der Waals surface area contributed by atoms with E-state index in [1.807, 2.05) is 13.8 Å². The topological polar surface area (TPSA) is 105 Å². The fraction of sp³-hybridized carbons (Fsp3) is 1.00. The summed E-state index contributed by atoms with van der Waals surface area (Å²) in [5.74, 6) is 0. The van der Waals surface area contributed by atoms with Gasteiger partial charge in [-0.1, -0.05) is 0 Å². The Bertz CT molecular complexity index is 305. The average molecular weight is 285 g/mol. The van der Waals surface area contributed by atoms with Crippen molar-refractivity contribution in [3.05, 3.63) is 0 Å². The zero-order valence-electron chi connectivity index (χ0n) is 11.0. The number of hydrogen-bond donors (Lipinski definition) is 3. The predicted octanol–water partition coefficient (Wildman–Crippen LogP) is -1.30. The van der Waals surface area contributed by atoms with E-state index in [0.29, 0.717) is 0 Å². The number of sulfonamides is 1. The molecular formula is C10H23NO6S. The lowest BCUT2D eigenvalue weighted by molar-refractivity contribution is -0.0627. The third-order valence-electron chi connectivity index (χ3n) is 1.86. The molecule has 0 aromatic carbocycles. The summed E-state index contributed by atoms with van der Waals surface area (Å²) >= 11 is 0. The highest BCUT2D eigenvalue weighted by Crippen LogP contribution is 1.99. The first-order valence-corrected chi connectivity index (χ1v) is 7.60. The third-order valence-corrected chi connectivity index (χ3v) is 2.55. The first-order chi connectivity index (χ1) is 8.24. The van der Waals surface area contributed by atoms with Gasteiger partial charge >= 0.3 is 0 Å². The summed E-state index contributed by atoms with van der Waals surface area (Å²) in [6.07, 6.45) is -0.378.